The number of nitrogens with zero attached hydrogens (tertiary/aromatic N) is 1. The fourth-order valence-electron chi connectivity index (χ4n) is 1.83. The summed E-state index contributed by atoms with van der Waals surface area (Å²) in [6, 6.07) is 5.03. The lowest BCUT2D eigenvalue weighted by Crippen LogP contribution is -2.37. The van der Waals surface area contributed by atoms with Gasteiger partial charge >= 0.3 is 5.69 Å². The van der Waals surface area contributed by atoms with E-state index < -0.39 is 4.92 Å². The first kappa shape index (κ1) is 12.6. The molecule has 6 heteroatoms. The highest BCUT2D eigenvalue weighted by Gasteiger charge is 2.20. The molecule has 0 spiro atoms. The van der Waals surface area contributed by atoms with Crippen molar-refractivity contribution >= 4 is 28.3 Å². The predicted octanol–water partition coefficient (Wildman–Crippen LogP) is 2.33. The van der Waals surface area contributed by atoms with Gasteiger partial charge in [0.1, 0.15) is 6.10 Å². The van der Waals surface area contributed by atoms with Gasteiger partial charge in [0, 0.05) is 16.2 Å². The second-order valence-corrected chi connectivity index (χ2v) is 5.20. The number of halogens is 1. The lowest BCUT2D eigenvalue weighted by Gasteiger charge is -2.23. The second kappa shape index (κ2) is 5.63. The number of piperidine rings is 1. The van der Waals surface area contributed by atoms with E-state index in [4.69, 9.17) is 4.74 Å². The van der Waals surface area contributed by atoms with E-state index in [-0.39, 0.29) is 11.8 Å². The smallest absolute Gasteiger partial charge is 0.311 e. The van der Waals surface area contributed by atoms with Crippen molar-refractivity contribution in [3.05, 3.63) is 31.9 Å². The molecule has 2 rings (SSSR count). The van der Waals surface area contributed by atoms with Crippen molar-refractivity contribution in [2.45, 2.75) is 18.9 Å². The molecule has 1 fully saturated rings. The quantitative estimate of drug-likeness (QED) is 0.517. The van der Waals surface area contributed by atoms with Crippen molar-refractivity contribution in [3.8, 4) is 5.75 Å². The first-order chi connectivity index (χ1) is 8.16. The molecular formula is C11H13IN2O3. The van der Waals surface area contributed by atoms with Gasteiger partial charge in [-0.15, -0.1) is 0 Å². The number of hydrogen-bond acceptors (Lipinski definition) is 4. The predicted molar refractivity (Wildman–Crippen MR) is 72.3 cm³/mol. The standard InChI is InChI=1S/C11H13IN2O3/c12-8-3-4-11(10(6-8)14(15)16)17-9-2-1-5-13-7-9/h3-4,6,9,13H,1-2,5,7H2. The van der Waals surface area contributed by atoms with Crippen LogP contribution in [-0.2, 0) is 0 Å². The van der Waals surface area contributed by atoms with E-state index in [9.17, 15) is 10.1 Å². The Morgan fingerprint density at radius 1 is 1.53 bits per heavy atom. The Hall–Kier alpha value is -0.890. The van der Waals surface area contributed by atoms with Crippen molar-refractivity contribution in [1.29, 1.82) is 0 Å². The average Bonchev–Trinajstić information content (AvgIpc) is 2.32. The molecule has 1 aliphatic rings. The van der Waals surface area contributed by atoms with Crippen LogP contribution >= 0.6 is 22.6 Å². The highest BCUT2D eigenvalue weighted by molar-refractivity contribution is 14.1. The summed E-state index contributed by atoms with van der Waals surface area (Å²) in [5, 5.41) is 14.1. The molecule has 5 nitrogen and oxygen atoms in total. The largest absolute Gasteiger partial charge is 0.482 e. The van der Waals surface area contributed by atoms with Crippen molar-refractivity contribution in [2.24, 2.45) is 0 Å². The number of nitro groups is 1. The zero-order chi connectivity index (χ0) is 12.3. The summed E-state index contributed by atoms with van der Waals surface area (Å²) in [7, 11) is 0. The van der Waals surface area contributed by atoms with Crippen LogP contribution < -0.4 is 10.1 Å². The summed E-state index contributed by atoms with van der Waals surface area (Å²) < 4.78 is 6.53. The first-order valence-corrected chi connectivity index (χ1v) is 6.56. The summed E-state index contributed by atoms with van der Waals surface area (Å²) >= 11 is 2.05. The molecule has 1 saturated heterocycles. The molecule has 1 aromatic rings. The van der Waals surface area contributed by atoms with E-state index >= 15 is 0 Å². The molecule has 1 N–H and O–H groups in total. The summed E-state index contributed by atoms with van der Waals surface area (Å²) in [6.07, 6.45) is 2.02. The lowest BCUT2D eigenvalue weighted by molar-refractivity contribution is -0.386. The van der Waals surface area contributed by atoms with Crippen LogP contribution in [0.1, 0.15) is 12.8 Å². The van der Waals surface area contributed by atoms with Gasteiger partial charge in [-0.3, -0.25) is 10.1 Å². The SMILES string of the molecule is O=[N+]([O-])c1cc(I)ccc1OC1CCCNC1. The average molecular weight is 348 g/mol. The van der Waals surface area contributed by atoms with Gasteiger partial charge in [-0.2, -0.15) is 0 Å². The van der Waals surface area contributed by atoms with Crippen LogP contribution in [0.3, 0.4) is 0 Å². The van der Waals surface area contributed by atoms with Crippen LogP contribution in [0.4, 0.5) is 5.69 Å². The van der Waals surface area contributed by atoms with Crippen LogP contribution in [0.2, 0.25) is 0 Å². The highest BCUT2D eigenvalue weighted by Crippen LogP contribution is 2.30. The minimum atomic E-state index is -0.395. The molecule has 1 aliphatic heterocycles. The molecule has 17 heavy (non-hydrogen) atoms. The molecule has 1 atom stereocenters. The van der Waals surface area contributed by atoms with Gasteiger partial charge in [0.25, 0.3) is 0 Å². The van der Waals surface area contributed by atoms with Gasteiger partial charge in [0.15, 0.2) is 5.75 Å². The Morgan fingerprint density at radius 3 is 3.00 bits per heavy atom. The van der Waals surface area contributed by atoms with Gasteiger partial charge < -0.3 is 10.1 Å². The zero-order valence-corrected chi connectivity index (χ0v) is 11.3. The molecule has 0 radical (unpaired) electrons. The number of benzene rings is 1. The molecule has 0 bridgehead atoms. The Kier molecular flexibility index (Phi) is 4.16. The number of ether oxygens (including phenoxy) is 1. The van der Waals surface area contributed by atoms with E-state index in [2.05, 4.69) is 27.9 Å². The Labute approximate surface area is 113 Å². The van der Waals surface area contributed by atoms with E-state index in [0.717, 1.165) is 29.5 Å². The van der Waals surface area contributed by atoms with Crippen LogP contribution in [0, 0.1) is 13.7 Å². The molecule has 1 heterocycles. The van der Waals surface area contributed by atoms with Gasteiger partial charge in [-0.05, 0) is 54.1 Å². The van der Waals surface area contributed by atoms with E-state index in [1.165, 1.54) is 6.07 Å². The summed E-state index contributed by atoms with van der Waals surface area (Å²) in [4.78, 5) is 10.5. The fraction of sp³-hybridized carbons (Fsp3) is 0.455. The number of rotatable bonds is 3. The molecular weight excluding hydrogens is 335 g/mol. The Bertz CT molecular complexity index is 419. The second-order valence-electron chi connectivity index (χ2n) is 3.96. The third-order valence-corrected chi connectivity index (χ3v) is 3.33. The van der Waals surface area contributed by atoms with Crippen LogP contribution in [0.25, 0.3) is 0 Å². The van der Waals surface area contributed by atoms with E-state index in [1.807, 2.05) is 6.07 Å². The Morgan fingerprint density at radius 2 is 2.35 bits per heavy atom. The molecule has 92 valence electrons. The van der Waals surface area contributed by atoms with E-state index in [1.54, 1.807) is 6.07 Å². The van der Waals surface area contributed by atoms with Crippen LogP contribution in [0.15, 0.2) is 18.2 Å². The number of nitro benzene ring substituents is 1. The van der Waals surface area contributed by atoms with Crippen molar-refractivity contribution in [1.82, 2.24) is 5.32 Å². The van der Waals surface area contributed by atoms with E-state index in [0.29, 0.717) is 5.75 Å². The minimum absolute atomic E-state index is 0.0301. The number of hydrogen-bond donors (Lipinski definition) is 1. The highest BCUT2D eigenvalue weighted by atomic mass is 127. The normalized spacial score (nSPS) is 19.9. The van der Waals surface area contributed by atoms with Gasteiger partial charge in [-0.1, -0.05) is 0 Å². The third-order valence-electron chi connectivity index (χ3n) is 2.66. The fourth-order valence-corrected chi connectivity index (χ4v) is 2.31. The molecule has 1 aromatic carbocycles. The summed E-state index contributed by atoms with van der Waals surface area (Å²) in [5.74, 6) is 0.365. The topological polar surface area (TPSA) is 64.4 Å². The van der Waals surface area contributed by atoms with Crippen molar-refractivity contribution in [2.75, 3.05) is 13.1 Å². The molecule has 0 amide bonds. The van der Waals surface area contributed by atoms with Crippen molar-refractivity contribution in [3.63, 3.8) is 0 Å². The van der Waals surface area contributed by atoms with Crippen LogP contribution in [-0.4, -0.2) is 24.1 Å². The molecule has 0 saturated carbocycles. The van der Waals surface area contributed by atoms with Gasteiger partial charge in [0.05, 0.1) is 4.92 Å². The molecule has 1 unspecified atom stereocenters. The Balaban J connectivity index is 2.16. The zero-order valence-electron chi connectivity index (χ0n) is 9.19. The molecule has 0 aliphatic carbocycles. The third kappa shape index (κ3) is 3.29. The number of nitrogens with one attached hydrogen (secondary N) is 1. The maximum Gasteiger partial charge on any atom is 0.311 e. The lowest BCUT2D eigenvalue weighted by atomic mass is 10.1. The van der Waals surface area contributed by atoms with Gasteiger partial charge in [0.2, 0.25) is 0 Å². The molecule has 0 aromatic heterocycles. The minimum Gasteiger partial charge on any atom is -0.482 e. The monoisotopic (exact) mass is 348 g/mol. The summed E-state index contributed by atoms with van der Waals surface area (Å²) in [6.45, 7) is 1.75. The first-order valence-electron chi connectivity index (χ1n) is 5.48. The summed E-state index contributed by atoms with van der Waals surface area (Å²) in [5.41, 5.74) is 0.0440. The maximum absolute atomic E-state index is 10.9. The van der Waals surface area contributed by atoms with Crippen LogP contribution in [0.5, 0.6) is 5.75 Å². The van der Waals surface area contributed by atoms with Gasteiger partial charge in [-0.25, -0.2) is 0 Å². The maximum atomic E-state index is 10.9. The van der Waals surface area contributed by atoms with Crippen molar-refractivity contribution < 1.29 is 9.66 Å².